The molecule has 32 heteroatoms. The minimum atomic E-state index is -3.25. The first-order valence-corrected chi connectivity index (χ1v) is 77.3. The summed E-state index contributed by atoms with van der Waals surface area (Å²) in [5.74, 6) is 0. The Balaban J connectivity index is 8.11. The highest BCUT2D eigenvalue weighted by molar-refractivity contribution is 6.92. The number of aliphatic hydroxyl groups is 2. The molecule has 0 saturated carbocycles. The highest BCUT2D eigenvalue weighted by Gasteiger charge is 2.53. The topological polar surface area (TPSA) is 179 Å². The van der Waals surface area contributed by atoms with E-state index < -0.39 is 151 Å². The van der Waals surface area contributed by atoms with Crippen molar-refractivity contribution < 1.29 is 74.4 Å². The van der Waals surface area contributed by atoms with Gasteiger partial charge in [0.15, 0.2) is 91.5 Å². The number of ether oxygens (including phenoxy) is 4. The second-order valence-electron chi connectivity index (χ2n) is 33.8. The van der Waals surface area contributed by atoms with E-state index in [0.29, 0.717) is 50.4 Å². The molecule has 0 aromatic rings. The zero-order valence-electron chi connectivity index (χ0n) is 60.7. The number of aliphatic hydroxyl groups excluding tert-OH is 2. The summed E-state index contributed by atoms with van der Waals surface area (Å²) in [6, 6.07) is 2.38. The molecule has 0 fully saturated rings. The summed E-state index contributed by atoms with van der Waals surface area (Å²) in [6.45, 7) is 75.0. The van der Waals surface area contributed by atoms with Crippen molar-refractivity contribution in [2.45, 2.75) is 297 Å². The van der Waals surface area contributed by atoms with E-state index in [0.717, 1.165) is 6.04 Å². The smallest absolute Gasteiger partial charge is 0.437 e. The molecule has 0 aliphatic carbocycles. The van der Waals surface area contributed by atoms with Gasteiger partial charge < -0.3 is 74.4 Å². The first-order valence-electron chi connectivity index (χ1n) is 31.5. The van der Waals surface area contributed by atoms with Crippen LogP contribution in [0, 0.1) is 0 Å². The SMILES string of the molecule is C[Si](C)(C)O[Si](C)(CCCO[C@H](CO)[C@H](OCCC[Si](O[Si](C)(C)C)(O[Si](C)(C)C)O[Si](C)(C)C)[C@H](OCCC[Si](O[Si](C)(C)C)(O[Si](C)(C)C)O[Si](C)(C)C)[C@H](CO)OCCC[Si](O[Si](C)(C)C)(O[Si](C)(C)C)O[Si](C)(C)C)O[Si](C)(C)C. The molecular weight excluding hydrogens is 1320 g/mol. The zero-order chi connectivity index (χ0) is 66.3. The summed E-state index contributed by atoms with van der Waals surface area (Å²) in [4.78, 5) is 0. The number of hydrogen-bond donors (Lipinski definition) is 2. The Kier molecular flexibility index (Phi) is 35.4. The second kappa shape index (κ2) is 34.3. The van der Waals surface area contributed by atoms with Crippen LogP contribution >= 0.6 is 0 Å². The second-order valence-corrected chi connectivity index (χ2v) is 97.6. The molecule has 0 radical (unpaired) electrons. The van der Waals surface area contributed by atoms with Crippen molar-refractivity contribution in [1.29, 1.82) is 0 Å². The van der Waals surface area contributed by atoms with Gasteiger partial charge in [-0.05, 0) is 254 Å². The number of rotatable bonds is 47. The maximum atomic E-state index is 11.7. The lowest BCUT2D eigenvalue weighted by molar-refractivity contribution is -0.191. The van der Waals surface area contributed by atoms with Crippen LogP contribution in [0.5, 0.6) is 0 Å². The molecule has 2 N–H and O–H groups in total. The Hall–Kier alpha value is 2.57. The molecule has 0 spiro atoms. The van der Waals surface area contributed by atoms with Crippen molar-refractivity contribution in [1.82, 2.24) is 0 Å². The van der Waals surface area contributed by atoms with Crippen LogP contribution in [0.25, 0.3) is 0 Å². The Morgan fingerprint density at radius 2 is 0.393 bits per heavy atom. The lowest BCUT2D eigenvalue weighted by atomic mass is 10.0. The molecule has 4 atom stereocenters. The molecule has 506 valence electrons. The van der Waals surface area contributed by atoms with Gasteiger partial charge in [-0.15, -0.1) is 0 Å². The van der Waals surface area contributed by atoms with Crippen molar-refractivity contribution in [2.75, 3.05) is 39.6 Å². The van der Waals surface area contributed by atoms with Crippen LogP contribution in [-0.4, -0.2) is 201 Å². The zero-order valence-corrected chi connectivity index (χ0v) is 75.7. The average molecular weight is 1450 g/mol. The van der Waals surface area contributed by atoms with Gasteiger partial charge in [0.1, 0.15) is 24.4 Å². The lowest BCUT2D eigenvalue weighted by Gasteiger charge is -2.43. The molecule has 17 nitrogen and oxygen atoms in total. The maximum Gasteiger partial charge on any atom is 0.469 e. The van der Waals surface area contributed by atoms with Crippen molar-refractivity contribution in [3.8, 4) is 0 Å². The minimum absolute atomic E-state index is 0.241. The van der Waals surface area contributed by atoms with E-state index in [2.05, 4.69) is 223 Å². The molecule has 0 unspecified atom stereocenters. The van der Waals surface area contributed by atoms with Gasteiger partial charge in [-0.3, -0.25) is 0 Å². The molecule has 84 heavy (non-hydrogen) atoms. The molecule has 0 aliphatic rings. The van der Waals surface area contributed by atoms with Crippen LogP contribution in [0.1, 0.15) is 25.7 Å². The van der Waals surface area contributed by atoms with Crippen molar-refractivity contribution in [3.63, 3.8) is 0 Å². The van der Waals surface area contributed by atoms with E-state index in [4.69, 9.17) is 64.2 Å². The number of hydrogen-bond acceptors (Lipinski definition) is 17. The van der Waals surface area contributed by atoms with Gasteiger partial charge in [-0.1, -0.05) is 0 Å². The first-order chi connectivity index (χ1) is 37.1. The molecule has 0 bridgehead atoms. The van der Waals surface area contributed by atoms with E-state index in [1.54, 1.807) is 0 Å². The fourth-order valence-corrected chi connectivity index (χ4v) is 66.1. The van der Waals surface area contributed by atoms with Crippen molar-refractivity contribution in [3.05, 3.63) is 0 Å². The molecule has 0 heterocycles. The van der Waals surface area contributed by atoms with Crippen LogP contribution in [0.3, 0.4) is 0 Å². The molecule has 0 aromatic carbocycles. The van der Waals surface area contributed by atoms with E-state index in [9.17, 15) is 10.2 Å². The van der Waals surface area contributed by atoms with Crippen LogP contribution in [0.4, 0.5) is 0 Å². The summed E-state index contributed by atoms with van der Waals surface area (Å²) in [6.07, 6.45) is -1.27. The van der Waals surface area contributed by atoms with Gasteiger partial charge in [0, 0.05) is 44.6 Å². The van der Waals surface area contributed by atoms with Gasteiger partial charge in [0.2, 0.25) is 0 Å². The molecule has 0 amide bonds. The Bertz CT molecular complexity index is 1700. The van der Waals surface area contributed by atoms with E-state index in [1.807, 2.05) is 0 Å². The minimum Gasteiger partial charge on any atom is -0.437 e. The third-order valence-electron chi connectivity index (χ3n) is 10.6. The fraction of sp³-hybridized carbons (Fsp3) is 1.00. The third-order valence-corrected chi connectivity index (χ3v) is 56.3. The summed E-state index contributed by atoms with van der Waals surface area (Å²) in [5, 5.41) is 23.3. The molecule has 0 rings (SSSR count). The molecule has 0 aliphatic heterocycles. The van der Waals surface area contributed by atoms with E-state index in [-0.39, 0.29) is 33.0 Å². The highest BCUT2D eigenvalue weighted by Crippen LogP contribution is 2.35. The maximum absolute atomic E-state index is 11.7. The normalized spacial score (nSPS) is 16.6. The van der Waals surface area contributed by atoms with E-state index >= 15 is 0 Å². The summed E-state index contributed by atoms with van der Waals surface area (Å²) >= 11 is 0. The fourth-order valence-electron chi connectivity index (χ4n) is 9.76. The Morgan fingerprint density at radius 1 is 0.226 bits per heavy atom. The summed E-state index contributed by atoms with van der Waals surface area (Å²) in [7, 11) is -35.8. The third kappa shape index (κ3) is 43.5. The quantitative estimate of drug-likeness (QED) is 0.0434. The first kappa shape index (κ1) is 86.6. The average Bonchev–Trinajstić information content (AvgIpc) is 3.14. The highest BCUT2D eigenvalue weighted by atomic mass is 28.5. The van der Waals surface area contributed by atoms with Crippen LogP contribution < -0.4 is 0 Å². The summed E-state index contributed by atoms with van der Waals surface area (Å²) in [5.41, 5.74) is 0. The van der Waals surface area contributed by atoms with Gasteiger partial charge in [-0.25, -0.2) is 0 Å². The molecule has 0 saturated heterocycles. The van der Waals surface area contributed by atoms with Crippen molar-refractivity contribution >= 4 is 126 Å². The van der Waals surface area contributed by atoms with Crippen molar-refractivity contribution in [2.24, 2.45) is 0 Å². The largest absolute Gasteiger partial charge is 0.469 e. The predicted molar refractivity (Wildman–Crippen MR) is 388 cm³/mol. The van der Waals surface area contributed by atoms with Crippen LogP contribution in [0.2, 0.25) is 247 Å². The van der Waals surface area contributed by atoms with Gasteiger partial charge in [-0.2, -0.15) is 0 Å². The predicted octanol–water partition coefficient (Wildman–Crippen LogP) is 15.3. The van der Waals surface area contributed by atoms with Gasteiger partial charge in [0.25, 0.3) is 0 Å². The van der Waals surface area contributed by atoms with Gasteiger partial charge in [0.05, 0.1) is 13.2 Å². The monoisotopic (exact) mass is 1450 g/mol. The van der Waals surface area contributed by atoms with Gasteiger partial charge >= 0.3 is 35.0 Å². The standard InChI is InChI=1S/C52H136O17Si15/c1-70(2,3)59-81(34,60-71(4,5)6)43-35-39-55-49(47-53)51(57-41-37-45-83(64-75(16,17)18,65-76(19,20)21)66-77(22,23)24)52(58-42-38-46-84(67-78(25,26)27,68-79(28,29)30)69-80(31,32)33)50(48-54)56-40-36-44-82(61-72(7,8)9,62-73(10,11)12)63-74(13,14)15/h49-54H,35-48H2,1-34H3/t49-,50+,51+,52-/m1/s1. The Labute approximate surface area is 533 Å². The van der Waals surface area contributed by atoms with E-state index in [1.165, 1.54) is 0 Å². The lowest BCUT2D eigenvalue weighted by Crippen LogP contribution is -2.60. The van der Waals surface area contributed by atoms with Crippen LogP contribution in [-0.2, 0) is 64.2 Å². The van der Waals surface area contributed by atoms with Crippen LogP contribution in [0.15, 0.2) is 0 Å². The summed E-state index contributed by atoms with van der Waals surface area (Å²) < 4.78 is 106. The Morgan fingerprint density at radius 3 is 0.560 bits per heavy atom. The molecule has 0 aromatic heterocycles. The molecular formula is C52H136O17Si15.